The van der Waals surface area contributed by atoms with Crippen LogP contribution in [-0.2, 0) is 0 Å². The highest BCUT2D eigenvalue weighted by Crippen LogP contribution is 2.39. The van der Waals surface area contributed by atoms with E-state index in [9.17, 15) is 4.79 Å². The lowest BCUT2D eigenvalue weighted by Gasteiger charge is -2.01. The van der Waals surface area contributed by atoms with Crippen LogP contribution in [0.15, 0.2) is 18.3 Å². The minimum Gasteiger partial charge on any atom is -0.410 e. The summed E-state index contributed by atoms with van der Waals surface area (Å²) in [5.74, 6) is 1.03. The van der Waals surface area contributed by atoms with Gasteiger partial charge in [-0.15, -0.1) is 0 Å². The molecule has 0 saturated heterocycles. The fourth-order valence-electron chi connectivity index (χ4n) is 1.21. The fourth-order valence-corrected chi connectivity index (χ4v) is 1.21. The van der Waals surface area contributed by atoms with Crippen LogP contribution in [0.2, 0.25) is 0 Å². The second-order valence-electron chi connectivity index (χ2n) is 3.11. The first-order valence-corrected chi connectivity index (χ1v) is 4.19. The standard InChI is InChI=1S/C9H10N2O2/c10-9(12)13-7-3-4-11-8(5-7)6-1-2-6/h3-6H,1-2H2,(H2,10,12). The van der Waals surface area contributed by atoms with Gasteiger partial charge in [0.25, 0.3) is 0 Å². The lowest BCUT2D eigenvalue weighted by Crippen LogP contribution is -2.16. The molecule has 0 atom stereocenters. The van der Waals surface area contributed by atoms with Crippen LogP contribution in [0.5, 0.6) is 5.75 Å². The molecule has 1 heterocycles. The van der Waals surface area contributed by atoms with Gasteiger partial charge in [-0.25, -0.2) is 4.79 Å². The number of nitrogens with zero attached hydrogens (tertiary/aromatic N) is 1. The number of ether oxygens (including phenoxy) is 1. The number of carbonyl (C=O) groups is 1. The van der Waals surface area contributed by atoms with Crippen molar-refractivity contribution in [2.75, 3.05) is 0 Å². The van der Waals surface area contributed by atoms with Crippen LogP contribution in [-0.4, -0.2) is 11.1 Å². The van der Waals surface area contributed by atoms with Crippen LogP contribution >= 0.6 is 0 Å². The zero-order valence-electron chi connectivity index (χ0n) is 7.06. The molecule has 1 saturated carbocycles. The van der Waals surface area contributed by atoms with E-state index in [2.05, 4.69) is 4.98 Å². The molecule has 2 rings (SSSR count). The largest absolute Gasteiger partial charge is 0.410 e. The predicted molar refractivity (Wildman–Crippen MR) is 46.4 cm³/mol. The van der Waals surface area contributed by atoms with Crippen molar-refractivity contribution in [2.24, 2.45) is 5.73 Å². The van der Waals surface area contributed by atoms with Crippen molar-refractivity contribution >= 4 is 6.09 Å². The summed E-state index contributed by atoms with van der Waals surface area (Å²) in [6.07, 6.45) is 3.19. The first-order chi connectivity index (χ1) is 6.25. The Bertz CT molecular complexity index is 334. The molecule has 0 aromatic carbocycles. The lowest BCUT2D eigenvalue weighted by molar-refractivity contribution is 0.211. The maximum atomic E-state index is 10.4. The first kappa shape index (κ1) is 8.04. The van der Waals surface area contributed by atoms with Crippen molar-refractivity contribution in [3.05, 3.63) is 24.0 Å². The summed E-state index contributed by atoms with van der Waals surface area (Å²) in [5, 5.41) is 0. The Morgan fingerprint density at radius 2 is 2.38 bits per heavy atom. The Balaban J connectivity index is 2.16. The fraction of sp³-hybridized carbons (Fsp3) is 0.333. The third-order valence-electron chi connectivity index (χ3n) is 1.97. The lowest BCUT2D eigenvalue weighted by atomic mass is 10.2. The molecule has 0 bridgehead atoms. The van der Waals surface area contributed by atoms with Gasteiger partial charge >= 0.3 is 6.09 Å². The molecule has 0 radical (unpaired) electrons. The van der Waals surface area contributed by atoms with Crippen molar-refractivity contribution in [3.63, 3.8) is 0 Å². The number of pyridine rings is 1. The summed E-state index contributed by atoms with van der Waals surface area (Å²) >= 11 is 0. The van der Waals surface area contributed by atoms with Crippen molar-refractivity contribution in [1.82, 2.24) is 4.98 Å². The highest BCUT2D eigenvalue weighted by atomic mass is 16.5. The Kier molecular flexibility index (Phi) is 1.88. The number of aromatic nitrogens is 1. The highest BCUT2D eigenvalue weighted by molar-refractivity contribution is 5.67. The Morgan fingerprint density at radius 3 is 3.00 bits per heavy atom. The van der Waals surface area contributed by atoms with E-state index in [0.717, 1.165) is 5.69 Å². The van der Waals surface area contributed by atoms with Gasteiger partial charge in [-0.05, 0) is 18.9 Å². The second kappa shape index (κ2) is 3.05. The Labute approximate surface area is 75.7 Å². The molecule has 1 amide bonds. The number of primary amides is 1. The third kappa shape index (κ3) is 1.96. The topological polar surface area (TPSA) is 65.2 Å². The molecular weight excluding hydrogens is 168 g/mol. The van der Waals surface area contributed by atoms with Crippen molar-refractivity contribution in [3.8, 4) is 5.75 Å². The van der Waals surface area contributed by atoms with E-state index in [1.54, 1.807) is 18.3 Å². The van der Waals surface area contributed by atoms with Gasteiger partial charge in [0, 0.05) is 23.9 Å². The maximum absolute atomic E-state index is 10.4. The molecule has 13 heavy (non-hydrogen) atoms. The molecule has 4 heteroatoms. The van der Waals surface area contributed by atoms with Gasteiger partial charge in [0.15, 0.2) is 0 Å². The minimum atomic E-state index is -0.784. The number of hydrogen-bond donors (Lipinski definition) is 1. The Morgan fingerprint density at radius 1 is 1.62 bits per heavy atom. The quantitative estimate of drug-likeness (QED) is 0.744. The highest BCUT2D eigenvalue weighted by Gasteiger charge is 2.25. The molecule has 0 spiro atoms. The van der Waals surface area contributed by atoms with Crippen LogP contribution in [0.4, 0.5) is 4.79 Å². The van der Waals surface area contributed by atoms with E-state index < -0.39 is 6.09 Å². The summed E-state index contributed by atoms with van der Waals surface area (Å²) in [4.78, 5) is 14.6. The number of rotatable bonds is 2. The molecule has 1 aliphatic carbocycles. The van der Waals surface area contributed by atoms with Gasteiger partial charge in [0.1, 0.15) is 5.75 Å². The average Bonchev–Trinajstić information content (AvgIpc) is 2.85. The second-order valence-corrected chi connectivity index (χ2v) is 3.11. The van der Waals surface area contributed by atoms with Crippen LogP contribution in [0.3, 0.4) is 0 Å². The van der Waals surface area contributed by atoms with Crippen LogP contribution < -0.4 is 10.5 Å². The van der Waals surface area contributed by atoms with Crippen molar-refractivity contribution in [1.29, 1.82) is 0 Å². The summed E-state index contributed by atoms with van der Waals surface area (Å²) in [7, 11) is 0. The SMILES string of the molecule is NC(=O)Oc1ccnc(C2CC2)c1. The average molecular weight is 178 g/mol. The summed E-state index contributed by atoms with van der Waals surface area (Å²) in [6, 6.07) is 3.39. The van der Waals surface area contributed by atoms with Crippen LogP contribution in [0.25, 0.3) is 0 Å². The molecule has 1 aromatic rings. The van der Waals surface area contributed by atoms with Crippen molar-refractivity contribution < 1.29 is 9.53 Å². The van der Waals surface area contributed by atoms with Gasteiger partial charge < -0.3 is 10.5 Å². The predicted octanol–water partition coefficient (Wildman–Crippen LogP) is 1.42. The third-order valence-corrected chi connectivity index (χ3v) is 1.97. The first-order valence-electron chi connectivity index (χ1n) is 4.19. The summed E-state index contributed by atoms with van der Waals surface area (Å²) in [6.45, 7) is 0. The normalized spacial score (nSPS) is 15.4. The molecule has 68 valence electrons. The van der Waals surface area contributed by atoms with E-state index in [4.69, 9.17) is 10.5 Å². The van der Waals surface area contributed by atoms with Crippen molar-refractivity contribution in [2.45, 2.75) is 18.8 Å². The molecule has 2 N–H and O–H groups in total. The van der Waals surface area contributed by atoms with E-state index in [0.29, 0.717) is 11.7 Å². The van der Waals surface area contributed by atoms with E-state index in [1.807, 2.05) is 0 Å². The molecule has 0 aliphatic heterocycles. The molecule has 1 aliphatic rings. The molecule has 1 fully saturated rings. The summed E-state index contributed by atoms with van der Waals surface area (Å²) in [5.41, 5.74) is 5.87. The number of carbonyl (C=O) groups excluding carboxylic acids is 1. The molecular formula is C9H10N2O2. The van der Waals surface area contributed by atoms with E-state index in [-0.39, 0.29) is 0 Å². The molecule has 1 aromatic heterocycles. The van der Waals surface area contributed by atoms with Gasteiger partial charge in [0.05, 0.1) is 0 Å². The van der Waals surface area contributed by atoms with Gasteiger partial charge in [-0.2, -0.15) is 0 Å². The Hall–Kier alpha value is -1.58. The number of nitrogens with two attached hydrogens (primary N) is 1. The van der Waals surface area contributed by atoms with Gasteiger partial charge in [-0.1, -0.05) is 0 Å². The zero-order chi connectivity index (χ0) is 9.26. The van der Waals surface area contributed by atoms with Crippen LogP contribution in [0.1, 0.15) is 24.5 Å². The van der Waals surface area contributed by atoms with E-state index in [1.165, 1.54) is 12.8 Å². The van der Waals surface area contributed by atoms with E-state index >= 15 is 0 Å². The minimum absolute atomic E-state index is 0.476. The smallest absolute Gasteiger partial charge is 0.409 e. The molecule has 4 nitrogen and oxygen atoms in total. The monoisotopic (exact) mass is 178 g/mol. The maximum Gasteiger partial charge on any atom is 0.409 e. The zero-order valence-corrected chi connectivity index (χ0v) is 7.06. The number of amides is 1. The van der Waals surface area contributed by atoms with Gasteiger partial charge in [-0.3, -0.25) is 4.98 Å². The van der Waals surface area contributed by atoms with Gasteiger partial charge in [0.2, 0.25) is 0 Å². The summed E-state index contributed by atoms with van der Waals surface area (Å²) < 4.78 is 4.73. The number of hydrogen-bond acceptors (Lipinski definition) is 3. The van der Waals surface area contributed by atoms with Crippen LogP contribution in [0, 0.1) is 0 Å². The molecule has 0 unspecified atom stereocenters.